The molecule has 18 heavy (non-hydrogen) atoms. The van der Waals surface area contributed by atoms with Gasteiger partial charge in [0.05, 0.1) is 12.2 Å². The van der Waals surface area contributed by atoms with E-state index < -0.39 is 0 Å². The van der Waals surface area contributed by atoms with Crippen LogP contribution in [0, 0.1) is 0 Å². The molecule has 0 aliphatic carbocycles. The first-order chi connectivity index (χ1) is 8.65. The van der Waals surface area contributed by atoms with Crippen molar-refractivity contribution in [1.82, 2.24) is 5.32 Å². The van der Waals surface area contributed by atoms with Crippen LogP contribution >= 0.6 is 0 Å². The topological polar surface area (TPSA) is 64.6 Å². The quantitative estimate of drug-likeness (QED) is 0.580. The van der Waals surface area contributed by atoms with Gasteiger partial charge in [-0.05, 0) is 19.1 Å². The fraction of sp³-hybridized carbons (Fsp3) is 0.385. The average molecular weight is 251 g/mol. The molecule has 1 amide bonds. The molecular weight excluding hydrogens is 234 g/mol. The van der Waals surface area contributed by atoms with Crippen LogP contribution in [-0.4, -0.2) is 38.6 Å². The van der Waals surface area contributed by atoms with Crippen LogP contribution in [0.4, 0.5) is 0 Å². The van der Waals surface area contributed by atoms with Gasteiger partial charge >= 0.3 is 0 Å². The Morgan fingerprint density at radius 3 is 2.67 bits per heavy atom. The van der Waals surface area contributed by atoms with Gasteiger partial charge in [0, 0.05) is 13.7 Å². The lowest BCUT2D eigenvalue weighted by Gasteiger charge is -2.09. The molecule has 5 nitrogen and oxygen atoms in total. The molecule has 0 aromatic heterocycles. The maximum absolute atomic E-state index is 11.4. The third kappa shape index (κ3) is 4.55. The Labute approximate surface area is 106 Å². The average Bonchev–Trinajstić information content (AvgIpc) is 2.37. The molecule has 1 aromatic carbocycles. The number of amides is 1. The smallest absolute Gasteiger partial charge is 0.258 e. The maximum Gasteiger partial charge on any atom is 0.258 e. The zero-order valence-electron chi connectivity index (χ0n) is 10.6. The molecule has 0 aliphatic heterocycles. The highest BCUT2D eigenvalue weighted by molar-refractivity contribution is 5.96. The molecule has 0 aliphatic rings. The second kappa shape index (κ2) is 7.45. The Balaban J connectivity index is 2.48. The van der Waals surface area contributed by atoms with Gasteiger partial charge < -0.3 is 14.8 Å². The lowest BCUT2D eigenvalue weighted by Crippen LogP contribution is -2.31. The van der Waals surface area contributed by atoms with Gasteiger partial charge in [-0.25, -0.2) is 0 Å². The predicted octanol–water partition coefficient (Wildman–Crippen LogP) is 1.03. The highest BCUT2D eigenvalue weighted by atomic mass is 16.5. The highest BCUT2D eigenvalue weighted by Crippen LogP contribution is 2.17. The van der Waals surface area contributed by atoms with Crippen molar-refractivity contribution in [1.29, 1.82) is 0 Å². The van der Waals surface area contributed by atoms with Crippen LogP contribution in [0.3, 0.4) is 0 Å². The van der Waals surface area contributed by atoms with Crippen molar-refractivity contribution in [2.45, 2.75) is 6.92 Å². The third-order valence-corrected chi connectivity index (χ3v) is 2.25. The molecule has 5 heteroatoms. The van der Waals surface area contributed by atoms with Crippen molar-refractivity contribution >= 4 is 11.7 Å². The second-order valence-electron chi connectivity index (χ2n) is 3.68. The zero-order chi connectivity index (χ0) is 13.4. The number of rotatable bonds is 7. The summed E-state index contributed by atoms with van der Waals surface area (Å²) in [5.74, 6) is 0.0858. The van der Waals surface area contributed by atoms with Gasteiger partial charge in [-0.3, -0.25) is 9.59 Å². The zero-order valence-corrected chi connectivity index (χ0v) is 10.6. The van der Waals surface area contributed by atoms with Crippen LogP contribution in [0.5, 0.6) is 5.75 Å². The summed E-state index contributed by atoms with van der Waals surface area (Å²) in [4.78, 5) is 22.7. The van der Waals surface area contributed by atoms with Gasteiger partial charge in [0.25, 0.3) is 5.91 Å². The Kier molecular flexibility index (Phi) is 5.87. The Bertz CT molecular complexity index is 417. The first-order valence-electron chi connectivity index (χ1n) is 5.63. The number of methoxy groups -OCH3 is 1. The molecule has 1 N–H and O–H groups in total. The number of carbonyl (C=O) groups is 2. The normalized spacial score (nSPS) is 9.89. The highest BCUT2D eigenvalue weighted by Gasteiger charge is 2.09. The molecule has 0 saturated carbocycles. The van der Waals surface area contributed by atoms with E-state index in [2.05, 4.69) is 5.32 Å². The number of benzene rings is 1. The molecule has 0 atom stereocenters. The van der Waals surface area contributed by atoms with E-state index in [9.17, 15) is 9.59 Å². The molecular formula is C13H17NO4. The first-order valence-corrected chi connectivity index (χ1v) is 5.63. The molecule has 0 saturated heterocycles. The van der Waals surface area contributed by atoms with E-state index in [0.29, 0.717) is 24.5 Å². The number of para-hydroxylation sites is 1. The van der Waals surface area contributed by atoms with Crippen LogP contribution < -0.4 is 10.1 Å². The maximum atomic E-state index is 11.4. The van der Waals surface area contributed by atoms with Gasteiger partial charge in [0.15, 0.2) is 12.4 Å². The SMILES string of the molecule is COCCNC(=O)COc1ccccc1C(C)=O. The number of Topliss-reactive ketones (excluding diaryl/α,β-unsaturated/α-hetero) is 1. The minimum absolute atomic E-state index is 0.0922. The third-order valence-electron chi connectivity index (χ3n) is 2.25. The summed E-state index contributed by atoms with van der Waals surface area (Å²) in [6.45, 7) is 2.23. The number of nitrogens with one attached hydrogen (secondary N) is 1. The van der Waals surface area contributed by atoms with Crippen LogP contribution in [0.1, 0.15) is 17.3 Å². The molecule has 1 aromatic rings. The Hall–Kier alpha value is -1.88. The molecule has 0 heterocycles. The van der Waals surface area contributed by atoms with Crippen molar-refractivity contribution in [3.8, 4) is 5.75 Å². The summed E-state index contributed by atoms with van der Waals surface area (Å²) in [6, 6.07) is 6.84. The van der Waals surface area contributed by atoms with Gasteiger partial charge in [0.2, 0.25) is 0 Å². The molecule has 0 spiro atoms. The first kappa shape index (κ1) is 14.2. The van der Waals surface area contributed by atoms with Crippen molar-refractivity contribution in [3.05, 3.63) is 29.8 Å². The fourth-order valence-electron chi connectivity index (χ4n) is 1.37. The van der Waals surface area contributed by atoms with Gasteiger partial charge in [-0.15, -0.1) is 0 Å². The van der Waals surface area contributed by atoms with Crippen LogP contribution in [0.15, 0.2) is 24.3 Å². The summed E-state index contributed by atoms with van der Waals surface area (Å²) in [6.07, 6.45) is 0. The monoisotopic (exact) mass is 251 g/mol. The molecule has 0 radical (unpaired) electrons. The minimum Gasteiger partial charge on any atom is -0.483 e. The molecule has 0 unspecified atom stereocenters. The van der Waals surface area contributed by atoms with Crippen molar-refractivity contribution in [2.24, 2.45) is 0 Å². The largest absolute Gasteiger partial charge is 0.483 e. The molecule has 1 rings (SSSR count). The summed E-state index contributed by atoms with van der Waals surface area (Å²) in [7, 11) is 1.56. The van der Waals surface area contributed by atoms with E-state index in [1.807, 2.05) is 0 Å². The van der Waals surface area contributed by atoms with Gasteiger partial charge in [0.1, 0.15) is 5.75 Å². The number of carbonyl (C=O) groups excluding carboxylic acids is 2. The van der Waals surface area contributed by atoms with E-state index in [1.54, 1.807) is 31.4 Å². The summed E-state index contributed by atoms with van der Waals surface area (Å²) in [5, 5.41) is 2.63. The minimum atomic E-state index is -0.245. The number of ether oxygens (including phenoxy) is 2. The van der Waals surface area contributed by atoms with Crippen LogP contribution in [0.25, 0.3) is 0 Å². The van der Waals surface area contributed by atoms with E-state index in [1.165, 1.54) is 6.92 Å². The van der Waals surface area contributed by atoms with E-state index in [4.69, 9.17) is 9.47 Å². The van der Waals surface area contributed by atoms with Crippen molar-refractivity contribution in [3.63, 3.8) is 0 Å². The predicted molar refractivity (Wildman–Crippen MR) is 66.8 cm³/mol. The standard InChI is InChI=1S/C13H17NO4/c1-10(15)11-5-3-4-6-12(11)18-9-13(16)14-7-8-17-2/h3-6H,7-9H2,1-2H3,(H,14,16). The fourth-order valence-corrected chi connectivity index (χ4v) is 1.37. The summed E-state index contributed by atoms with van der Waals surface area (Å²) >= 11 is 0. The summed E-state index contributed by atoms with van der Waals surface area (Å²) in [5.41, 5.74) is 0.474. The second-order valence-corrected chi connectivity index (χ2v) is 3.68. The lowest BCUT2D eigenvalue weighted by molar-refractivity contribution is -0.123. The van der Waals surface area contributed by atoms with E-state index in [-0.39, 0.29) is 18.3 Å². The molecule has 0 bridgehead atoms. The van der Waals surface area contributed by atoms with Crippen LogP contribution in [0.2, 0.25) is 0 Å². The van der Waals surface area contributed by atoms with Crippen molar-refractivity contribution < 1.29 is 19.1 Å². The Morgan fingerprint density at radius 1 is 1.28 bits per heavy atom. The Morgan fingerprint density at radius 2 is 2.00 bits per heavy atom. The molecule has 98 valence electrons. The van der Waals surface area contributed by atoms with E-state index in [0.717, 1.165) is 0 Å². The molecule has 0 fully saturated rings. The van der Waals surface area contributed by atoms with Crippen molar-refractivity contribution in [2.75, 3.05) is 26.9 Å². The summed E-state index contributed by atoms with van der Waals surface area (Å²) < 4.78 is 10.1. The lowest BCUT2D eigenvalue weighted by atomic mass is 10.1. The van der Waals surface area contributed by atoms with Gasteiger partial charge in [-0.1, -0.05) is 12.1 Å². The number of hydrogen-bond acceptors (Lipinski definition) is 4. The number of ketones is 1. The number of hydrogen-bond donors (Lipinski definition) is 1. The van der Waals surface area contributed by atoms with Crippen LogP contribution in [-0.2, 0) is 9.53 Å². The van der Waals surface area contributed by atoms with Gasteiger partial charge in [-0.2, -0.15) is 0 Å². The van der Waals surface area contributed by atoms with E-state index >= 15 is 0 Å².